The molecular weight excluding hydrogens is 190 g/mol. The Kier molecular flexibility index (Phi) is 2.84. The molecule has 0 saturated heterocycles. The molecule has 0 bridgehead atoms. The Morgan fingerprint density at radius 1 is 1.60 bits per heavy atom. The van der Waals surface area contributed by atoms with Crippen LogP contribution in [0.1, 0.15) is 31.9 Å². The molecule has 15 heavy (non-hydrogen) atoms. The quantitative estimate of drug-likeness (QED) is 0.700. The van der Waals surface area contributed by atoms with E-state index in [-0.39, 0.29) is 5.92 Å². The highest BCUT2D eigenvalue weighted by molar-refractivity contribution is 5.53. The molecule has 4 heteroatoms. The number of nitrogens with zero attached hydrogens (tertiary/aromatic N) is 3. The van der Waals surface area contributed by atoms with E-state index in [0.29, 0.717) is 12.5 Å². The van der Waals surface area contributed by atoms with E-state index in [4.69, 9.17) is 0 Å². The molecule has 1 aromatic heterocycles. The van der Waals surface area contributed by atoms with E-state index in [2.05, 4.69) is 23.9 Å². The molecule has 1 aromatic rings. The van der Waals surface area contributed by atoms with Gasteiger partial charge in [0.2, 0.25) is 0 Å². The number of hydrogen-bond donors (Lipinski definition) is 0. The first-order valence-electron chi connectivity index (χ1n) is 5.57. The van der Waals surface area contributed by atoms with E-state index in [1.165, 1.54) is 0 Å². The van der Waals surface area contributed by atoms with Crippen molar-refractivity contribution in [2.45, 2.75) is 39.7 Å². The van der Waals surface area contributed by atoms with Crippen LogP contribution in [-0.2, 0) is 24.2 Å². The average Bonchev–Trinajstić information content (AvgIpc) is 2.57. The molecule has 0 radical (unpaired) electrons. The summed E-state index contributed by atoms with van der Waals surface area (Å²) in [7, 11) is 0. The van der Waals surface area contributed by atoms with Crippen molar-refractivity contribution in [3.8, 4) is 0 Å². The molecule has 1 aliphatic rings. The second-order valence-electron chi connectivity index (χ2n) is 4.66. The van der Waals surface area contributed by atoms with Crippen LogP contribution >= 0.6 is 0 Å². The first kappa shape index (κ1) is 10.3. The van der Waals surface area contributed by atoms with Crippen LogP contribution in [0, 0.1) is 11.8 Å². The number of carbonyl (C=O) groups excluding carboxylic acids is 1. The highest BCUT2D eigenvalue weighted by Crippen LogP contribution is 2.17. The van der Waals surface area contributed by atoms with Crippen molar-refractivity contribution in [1.82, 2.24) is 14.8 Å². The lowest BCUT2D eigenvalue weighted by atomic mass is 10.0. The molecule has 1 aliphatic heterocycles. The van der Waals surface area contributed by atoms with Crippen LogP contribution in [-0.4, -0.2) is 21.1 Å². The van der Waals surface area contributed by atoms with Gasteiger partial charge in [0, 0.05) is 18.8 Å². The molecule has 0 amide bonds. The molecule has 1 atom stereocenters. The first-order valence-corrected chi connectivity index (χ1v) is 5.57. The van der Waals surface area contributed by atoms with Gasteiger partial charge in [-0.15, -0.1) is 0 Å². The van der Waals surface area contributed by atoms with Crippen molar-refractivity contribution in [2.24, 2.45) is 11.8 Å². The maximum absolute atomic E-state index is 10.7. The summed E-state index contributed by atoms with van der Waals surface area (Å²) in [5, 5.41) is 4.44. The van der Waals surface area contributed by atoms with Gasteiger partial charge in [-0.1, -0.05) is 13.8 Å². The van der Waals surface area contributed by atoms with Gasteiger partial charge in [-0.3, -0.25) is 0 Å². The smallest absolute Gasteiger partial charge is 0.151 e. The minimum atomic E-state index is 0.131. The molecule has 1 unspecified atom stereocenters. The van der Waals surface area contributed by atoms with E-state index >= 15 is 0 Å². The van der Waals surface area contributed by atoms with E-state index in [1.54, 1.807) is 0 Å². The van der Waals surface area contributed by atoms with Crippen LogP contribution in [0.3, 0.4) is 0 Å². The molecule has 4 nitrogen and oxygen atoms in total. The summed E-state index contributed by atoms with van der Waals surface area (Å²) in [5.74, 6) is 2.68. The van der Waals surface area contributed by atoms with Crippen LogP contribution < -0.4 is 0 Å². The van der Waals surface area contributed by atoms with Gasteiger partial charge < -0.3 is 4.79 Å². The lowest BCUT2D eigenvalue weighted by Gasteiger charge is -2.16. The largest absolute Gasteiger partial charge is 0.303 e. The molecule has 0 N–H and O–H groups in total. The van der Waals surface area contributed by atoms with Crippen molar-refractivity contribution in [3.63, 3.8) is 0 Å². The van der Waals surface area contributed by atoms with Gasteiger partial charge in [0.25, 0.3) is 0 Å². The minimum absolute atomic E-state index is 0.131. The number of aldehydes is 1. The fourth-order valence-electron chi connectivity index (χ4n) is 1.95. The highest BCUT2D eigenvalue weighted by atomic mass is 16.1. The van der Waals surface area contributed by atoms with Crippen molar-refractivity contribution in [3.05, 3.63) is 11.6 Å². The Balaban J connectivity index is 2.14. The van der Waals surface area contributed by atoms with Gasteiger partial charge in [0.15, 0.2) is 5.82 Å². The monoisotopic (exact) mass is 207 g/mol. The number of hydrogen-bond acceptors (Lipinski definition) is 3. The van der Waals surface area contributed by atoms with Gasteiger partial charge in [-0.25, -0.2) is 9.67 Å². The van der Waals surface area contributed by atoms with Crippen molar-refractivity contribution in [1.29, 1.82) is 0 Å². The first-order chi connectivity index (χ1) is 7.19. The summed E-state index contributed by atoms with van der Waals surface area (Å²) in [6.07, 6.45) is 3.76. The zero-order valence-corrected chi connectivity index (χ0v) is 9.31. The standard InChI is InChI=1S/C11H17N3O/c1-8(2)5-10-12-11-4-3-9(7-15)6-14(11)13-10/h7-9H,3-6H2,1-2H3. The number of carbonyl (C=O) groups is 1. The van der Waals surface area contributed by atoms with Gasteiger partial charge in [0.05, 0.1) is 6.54 Å². The summed E-state index contributed by atoms with van der Waals surface area (Å²) in [4.78, 5) is 15.2. The predicted molar refractivity (Wildman–Crippen MR) is 56.4 cm³/mol. The second-order valence-corrected chi connectivity index (χ2v) is 4.66. The zero-order valence-electron chi connectivity index (χ0n) is 9.31. The summed E-state index contributed by atoms with van der Waals surface area (Å²) < 4.78 is 1.90. The minimum Gasteiger partial charge on any atom is -0.303 e. The molecule has 2 rings (SSSR count). The van der Waals surface area contributed by atoms with E-state index in [0.717, 1.165) is 37.2 Å². The van der Waals surface area contributed by atoms with Gasteiger partial charge in [-0.05, 0) is 12.3 Å². The molecule has 2 heterocycles. The lowest BCUT2D eigenvalue weighted by Crippen LogP contribution is -2.22. The Bertz CT molecular complexity index is 357. The Hall–Kier alpha value is -1.19. The number of rotatable bonds is 3. The third-order valence-electron chi connectivity index (χ3n) is 2.72. The number of fused-ring (bicyclic) bond motifs is 1. The SMILES string of the molecule is CC(C)Cc1nc2n(n1)CC(C=O)CC2. The molecule has 0 aliphatic carbocycles. The molecule has 0 aromatic carbocycles. The van der Waals surface area contributed by atoms with Crippen LogP contribution in [0.4, 0.5) is 0 Å². The van der Waals surface area contributed by atoms with Crippen LogP contribution in [0.2, 0.25) is 0 Å². The highest BCUT2D eigenvalue weighted by Gasteiger charge is 2.21. The third-order valence-corrected chi connectivity index (χ3v) is 2.72. The number of aromatic nitrogens is 3. The molecule has 0 spiro atoms. The Morgan fingerprint density at radius 3 is 3.07 bits per heavy atom. The topological polar surface area (TPSA) is 47.8 Å². The van der Waals surface area contributed by atoms with Gasteiger partial charge in [0.1, 0.15) is 12.1 Å². The molecule has 0 fully saturated rings. The van der Waals surface area contributed by atoms with Gasteiger partial charge >= 0.3 is 0 Å². The Labute approximate surface area is 89.7 Å². The average molecular weight is 207 g/mol. The van der Waals surface area contributed by atoms with Crippen molar-refractivity contribution >= 4 is 6.29 Å². The maximum Gasteiger partial charge on any atom is 0.151 e. The van der Waals surface area contributed by atoms with Gasteiger partial charge in [-0.2, -0.15) is 5.10 Å². The summed E-state index contributed by atoms with van der Waals surface area (Å²) in [6, 6.07) is 0. The predicted octanol–water partition coefficient (Wildman–Crippen LogP) is 1.24. The fourth-order valence-corrected chi connectivity index (χ4v) is 1.95. The number of aryl methyl sites for hydroxylation is 1. The molecular formula is C11H17N3O. The van der Waals surface area contributed by atoms with Crippen LogP contribution in [0.5, 0.6) is 0 Å². The maximum atomic E-state index is 10.7. The third kappa shape index (κ3) is 2.25. The summed E-state index contributed by atoms with van der Waals surface area (Å²) >= 11 is 0. The summed E-state index contributed by atoms with van der Waals surface area (Å²) in [5.41, 5.74) is 0. The molecule has 0 saturated carbocycles. The fraction of sp³-hybridized carbons (Fsp3) is 0.727. The van der Waals surface area contributed by atoms with Crippen molar-refractivity contribution < 1.29 is 4.79 Å². The Morgan fingerprint density at radius 2 is 2.40 bits per heavy atom. The van der Waals surface area contributed by atoms with E-state index in [9.17, 15) is 4.79 Å². The second kappa shape index (κ2) is 4.13. The van der Waals surface area contributed by atoms with E-state index in [1.807, 2.05) is 4.68 Å². The molecule has 82 valence electrons. The normalized spacial score (nSPS) is 20.3. The van der Waals surface area contributed by atoms with Crippen LogP contribution in [0.15, 0.2) is 0 Å². The van der Waals surface area contributed by atoms with E-state index < -0.39 is 0 Å². The lowest BCUT2D eigenvalue weighted by molar-refractivity contribution is -0.111. The van der Waals surface area contributed by atoms with Crippen LogP contribution in [0.25, 0.3) is 0 Å². The summed E-state index contributed by atoms with van der Waals surface area (Å²) in [6.45, 7) is 5.03. The zero-order chi connectivity index (χ0) is 10.8. The van der Waals surface area contributed by atoms with Crippen molar-refractivity contribution in [2.75, 3.05) is 0 Å².